The summed E-state index contributed by atoms with van der Waals surface area (Å²) in [7, 11) is 0. The quantitative estimate of drug-likeness (QED) is 0.700. The van der Waals surface area contributed by atoms with Gasteiger partial charge in [0.2, 0.25) is 0 Å². The van der Waals surface area contributed by atoms with Gasteiger partial charge in [0.1, 0.15) is 11.9 Å². The summed E-state index contributed by atoms with van der Waals surface area (Å²) in [6.45, 7) is 0.274. The first-order chi connectivity index (χ1) is 6.19. The number of rotatable bonds is 2. The van der Waals surface area contributed by atoms with Gasteiger partial charge in [-0.25, -0.2) is 4.39 Å². The summed E-state index contributed by atoms with van der Waals surface area (Å²) in [6, 6.07) is 5.59. The van der Waals surface area contributed by atoms with Crippen LogP contribution in [0.1, 0.15) is 17.2 Å². The molecule has 0 aromatic heterocycles. The maximum atomic E-state index is 12.8. The molecule has 4 heteroatoms. The minimum atomic E-state index is -0.532. The molecule has 0 saturated carbocycles. The van der Waals surface area contributed by atoms with Crippen LogP contribution in [0.25, 0.3) is 0 Å². The van der Waals surface area contributed by atoms with Gasteiger partial charge < -0.3 is 11.5 Å². The average Bonchev–Trinajstić information content (AvgIpc) is 2.17. The minimum absolute atomic E-state index is 0.00130. The molecule has 0 spiro atoms. The highest BCUT2D eigenvalue weighted by Crippen LogP contribution is 2.13. The first kappa shape index (κ1) is 9.65. The van der Waals surface area contributed by atoms with Crippen molar-refractivity contribution in [2.45, 2.75) is 6.04 Å². The van der Waals surface area contributed by atoms with Crippen molar-refractivity contribution in [1.29, 1.82) is 5.26 Å². The monoisotopic (exact) mass is 179 g/mol. The third-order valence-corrected chi connectivity index (χ3v) is 1.79. The van der Waals surface area contributed by atoms with E-state index in [-0.39, 0.29) is 18.2 Å². The van der Waals surface area contributed by atoms with Gasteiger partial charge in [0.25, 0.3) is 0 Å². The highest BCUT2D eigenvalue weighted by atomic mass is 19.1. The van der Waals surface area contributed by atoms with Crippen LogP contribution in [0.4, 0.5) is 4.39 Å². The van der Waals surface area contributed by atoms with Gasteiger partial charge in [0, 0.05) is 12.6 Å². The number of nitrogens with two attached hydrogens (primary N) is 2. The predicted octanol–water partition coefficient (Wildman–Crippen LogP) is 0.656. The molecular weight excluding hydrogens is 169 g/mol. The molecular formula is C9H10FN3. The number of hydrogen-bond donors (Lipinski definition) is 2. The lowest BCUT2D eigenvalue weighted by Gasteiger charge is -2.08. The van der Waals surface area contributed by atoms with Gasteiger partial charge in [-0.2, -0.15) is 5.26 Å². The summed E-state index contributed by atoms with van der Waals surface area (Å²) in [4.78, 5) is 0. The molecule has 1 aromatic carbocycles. The highest BCUT2D eigenvalue weighted by Gasteiger charge is 2.07. The summed E-state index contributed by atoms with van der Waals surface area (Å²) < 4.78 is 12.8. The molecule has 0 fully saturated rings. The van der Waals surface area contributed by atoms with Crippen LogP contribution in [0.2, 0.25) is 0 Å². The van der Waals surface area contributed by atoms with E-state index in [1.165, 1.54) is 18.2 Å². The van der Waals surface area contributed by atoms with E-state index in [1.807, 2.05) is 0 Å². The summed E-state index contributed by atoms with van der Waals surface area (Å²) in [5, 5.41) is 8.54. The number of benzene rings is 1. The van der Waals surface area contributed by atoms with Crippen molar-refractivity contribution < 1.29 is 4.39 Å². The van der Waals surface area contributed by atoms with E-state index < -0.39 is 5.82 Å². The fourth-order valence-electron chi connectivity index (χ4n) is 0.995. The third kappa shape index (κ3) is 2.02. The van der Waals surface area contributed by atoms with Crippen molar-refractivity contribution in [2.75, 3.05) is 6.54 Å². The van der Waals surface area contributed by atoms with E-state index in [1.54, 1.807) is 6.07 Å². The minimum Gasteiger partial charge on any atom is -0.329 e. The van der Waals surface area contributed by atoms with Gasteiger partial charge in [0.05, 0.1) is 5.56 Å². The van der Waals surface area contributed by atoms with Gasteiger partial charge in [-0.3, -0.25) is 0 Å². The molecule has 0 heterocycles. The molecule has 0 aliphatic heterocycles. The Kier molecular flexibility index (Phi) is 2.96. The molecule has 3 nitrogen and oxygen atoms in total. The molecule has 68 valence electrons. The Balaban J connectivity index is 3.08. The Morgan fingerprint density at radius 2 is 2.23 bits per heavy atom. The molecule has 1 atom stereocenters. The topological polar surface area (TPSA) is 75.8 Å². The molecule has 0 unspecified atom stereocenters. The molecule has 1 aromatic rings. The van der Waals surface area contributed by atoms with Crippen LogP contribution in [0.5, 0.6) is 0 Å². The SMILES string of the molecule is N#Cc1cc([C@@H](N)CN)ccc1F. The van der Waals surface area contributed by atoms with Gasteiger partial charge in [-0.15, -0.1) is 0 Å². The number of nitriles is 1. The van der Waals surface area contributed by atoms with Gasteiger partial charge in [-0.05, 0) is 17.7 Å². The van der Waals surface area contributed by atoms with Crippen LogP contribution in [-0.4, -0.2) is 6.54 Å². The second kappa shape index (κ2) is 3.99. The molecule has 0 aliphatic carbocycles. The largest absolute Gasteiger partial charge is 0.329 e. The van der Waals surface area contributed by atoms with Gasteiger partial charge in [0.15, 0.2) is 0 Å². The lowest BCUT2D eigenvalue weighted by Crippen LogP contribution is -2.20. The van der Waals surface area contributed by atoms with Crippen LogP contribution in [-0.2, 0) is 0 Å². The van der Waals surface area contributed by atoms with Crippen molar-refractivity contribution in [3.8, 4) is 6.07 Å². The molecule has 4 N–H and O–H groups in total. The second-order valence-corrected chi connectivity index (χ2v) is 2.69. The normalized spacial score (nSPS) is 12.2. The number of halogens is 1. The number of nitrogens with zero attached hydrogens (tertiary/aromatic N) is 1. The Labute approximate surface area is 75.8 Å². The first-order valence-corrected chi connectivity index (χ1v) is 3.84. The van der Waals surface area contributed by atoms with E-state index in [0.29, 0.717) is 5.56 Å². The lowest BCUT2D eigenvalue weighted by molar-refractivity contribution is 0.621. The molecule has 0 bridgehead atoms. The Morgan fingerprint density at radius 3 is 2.77 bits per heavy atom. The van der Waals surface area contributed by atoms with E-state index in [9.17, 15) is 4.39 Å². The molecule has 0 aliphatic rings. The van der Waals surface area contributed by atoms with Gasteiger partial charge >= 0.3 is 0 Å². The molecule has 0 amide bonds. The highest BCUT2D eigenvalue weighted by molar-refractivity contribution is 5.35. The predicted molar refractivity (Wildman–Crippen MR) is 47.1 cm³/mol. The van der Waals surface area contributed by atoms with E-state index in [2.05, 4.69) is 0 Å². The summed E-state index contributed by atoms with van der Waals surface area (Å²) in [6.07, 6.45) is 0. The Bertz CT molecular complexity index is 343. The van der Waals surface area contributed by atoms with Crippen molar-refractivity contribution >= 4 is 0 Å². The average molecular weight is 179 g/mol. The molecule has 13 heavy (non-hydrogen) atoms. The fourth-order valence-corrected chi connectivity index (χ4v) is 0.995. The zero-order valence-electron chi connectivity index (χ0n) is 7.00. The summed E-state index contributed by atoms with van der Waals surface area (Å²) >= 11 is 0. The number of hydrogen-bond acceptors (Lipinski definition) is 3. The standard InChI is InChI=1S/C9H10FN3/c10-8-2-1-6(9(13)5-12)3-7(8)4-11/h1-3,9H,5,12-13H2/t9-/m0/s1. The molecule has 1 rings (SSSR count). The fraction of sp³-hybridized carbons (Fsp3) is 0.222. The zero-order chi connectivity index (χ0) is 9.84. The van der Waals surface area contributed by atoms with Crippen molar-refractivity contribution in [3.05, 3.63) is 35.1 Å². The summed E-state index contributed by atoms with van der Waals surface area (Å²) in [5.41, 5.74) is 11.6. The van der Waals surface area contributed by atoms with Crippen LogP contribution < -0.4 is 11.5 Å². The second-order valence-electron chi connectivity index (χ2n) is 2.69. The molecule has 0 saturated heterocycles. The Morgan fingerprint density at radius 1 is 1.54 bits per heavy atom. The van der Waals surface area contributed by atoms with E-state index in [4.69, 9.17) is 16.7 Å². The maximum Gasteiger partial charge on any atom is 0.140 e. The Hall–Kier alpha value is -1.44. The van der Waals surface area contributed by atoms with Crippen LogP contribution in [0.15, 0.2) is 18.2 Å². The molecule has 0 radical (unpaired) electrons. The van der Waals surface area contributed by atoms with Gasteiger partial charge in [-0.1, -0.05) is 6.07 Å². The third-order valence-electron chi connectivity index (χ3n) is 1.79. The van der Waals surface area contributed by atoms with E-state index in [0.717, 1.165) is 0 Å². The van der Waals surface area contributed by atoms with Crippen molar-refractivity contribution in [2.24, 2.45) is 11.5 Å². The van der Waals surface area contributed by atoms with E-state index >= 15 is 0 Å². The maximum absolute atomic E-state index is 12.8. The summed E-state index contributed by atoms with van der Waals surface area (Å²) in [5.74, 6) is -0.532. The van der Waals surface area contributed by atoms with Crippen LogP contribution >= 0.6 is 0 Å². The van der Waals surface area contributed by atoms with Crippen LogP contribution in [0.3, 0.4) is 0 Å². The van der Waals surface area contributed by atoms with Crippen molar-refractivity contribution in [1.82, 2.24) is 0 Å². The zero-order valence-corrected chi connectivity index (χ0v) is 7.00. The first-order valence-electron chi connectivity index (χ1n) is 3.84. The van der Waals surface area contributed by atoms with Crippen LogP contribution in [0, 0.1) is 17.1 Å². The van der Waals surface area contributed by atoms with Crippen molar-refractivity contribution in [3.63, 3.8) is 0 Å². The lowest BCUT2D eigenvalue weighted by atomic mass is 10.0. The smallest absolute Gasteiger partial charge is 0.140 e.